The topological polar surface area (TPSA) is 9.72 Å². The van der Waals surface area contributed by atoms with Crippen LogP contribution in [0.3, 0.4) is 0 Å². The molecule has 4 bridgehead atoms. The maximum Gasteiger partial charge on any atom is 0.0462 e. The van der Waals surface area contributed by atoms with Crippen LogP contribution >= 0.6 is 0 Å². The number of hydrogen-bond donors (Lipinski definition) is 0. The van der Waals surface area contributed by atoms with Crippen LogP contribution in [0.15, 0.2) is 200 Å². The van der Waals surface area contributed by atoms with E-state index in [1.165, 1.54) is 81.2 Å². The Morgan fingerprint density at radius 3 is 1.28 bits per heavy atom. The molecule has 3 heteroatoms. The lowest BCUT2D eigenvalue weighted by atomic mass is 9.72. The summed E-state index contributed by atoms with van der Waals surface area (Å²) in [5.41, 5.74) is 13.6. The van der Waals surface area contributed by atoms with Gasteiger partial charge in [-0.1, -0.05) is 146 Å². The van der Waals surface area contributed by atoms with Gasteiger partial charge in [-0.3, -0.25) is 0 Å². The van der Waals surface area contributed by atoms with Crippen molar-refractivity contribution < 1.29 is 0 Å². The summed E-state index contributed by atoms with van der Waals surface area (Å²) in [7, 11) is 0. The molecule has 4 fully saturated rings. The summed E-state index contributed by atoms with van der Waals surface area (Å²) in [6.45, 7) is 0. The molecule has 0 spiro atoms. The third-order valence-electron chi connectivity index (χ3n) is 12.9. The molecule has 57 heavy (non-hydrogen) atoms. The van der Waals surface area contributed by atoms with Gasteiger partial charge in [0.25, 0.3) is 0 Å². The van der Waals surface area contributed by atoms with E-state index in [9.17, 15) is 0 Å². The van der Waals surface area contributed by atoms with E-state index >= 15 is 0 Å². The molecule has 0 aliphatic carbocycles. The van der Waals surface area contributed by atoms with E-state index in [0.29, 0.717) is 24.2 Å². The predicted molar refractivity (Wildman–Crippen MR) is 240 cm³/mol. The Labute approximate surface area is 336 Å². The molecule has 0 radical (unpaired) electrons. The molecule has 8 aromatic carbocycles. The highest BCUT2D eigenvalue weighted by molar-refractivity contribution is 5.95. The molecular formula is C54H45N3. The first kappa shape index (κ1) is 33.7. The third-order valence-corrected chi connectivity index (χ3v) is 12.9. The van der Waals surface area contributed by atoms with Gasteiger partial charge in [0.1, 0.15) is 0 Å². The lowest BCUT2D eigenvalue weighted by Crippen LogP contribution is -2.69. The van der Waals surface area contributed by atoms with Gasteiger partial charge in [-0.25, -0.2) is 0 Å². The fraction of sp³-hybridized carbons (Fsp3) is 0.148. The second kappa shape index (κ2) is 14.2. The molecule has 0 saturated carbocycles. The highest BCUT2D eigenvalue weighted by Crippen LogP contribution is 2.49. The maximum atomic E-state index is 2.81. The minimum Gasteiger partial charge on any atom is -0.365 e. The highest BCUT2D eigenvalue weighted by atomic mass is 15.3. The van der Waals surface area contributed by atoms with Crippen LogP contribution < -0.4 is 14.7 Å². The van der Waals surface area contributed by atoms with Gasteiger partial charge in [0.15, 0.2) is 0 Å². The quantitative estimate of drug-likeness (QED) is 0.154. The zero-order valence-electron chi connectivity index (χ0n) is 32.0. The lowest BCUT2D eigenvalue weighted by molar-refractivity contribution is 0.171. The van der Waals surface area contributed by atoms with Crippen molar-refractivity contribution in [1.82, 2.24) is 0 Å². The van der Waals surface area contributed by atoms with Crippen molar-refractivity contribution >= 4 is 39.2 Å². The second-order valence-electron chi connectivity index (χ2n) is 16.1. The zero-order valence-corrected chi connectivity index (χ0v) is 32.0. The smallest absolute Gasteiger partial charge is 0.0462 e. The summed E-state index contributed by atoms with van der Waals surface area (Å²) in [4.78, 5) is 7.97. The van der Waals surface area contributed by atoms with Gasteiger partial charge in [0, 0.05) is 58.0 Å². The van der Waals surface area contributed by atoms with Crippen LogP contribution in [0, 0.1) is 0 Å². The van der Waals surface area contributed by atoms with Crippen LogP contribution in [0.2, 0.25) is 0 Å². The van der Waals surface area contributed by atoms with Crippen molar-refractivity contribution in [3.05, 3.63) is 200 Å². The molecule has 0 unspecified atom stereocenters. The Morgan fingerprint density at radius 2 is 0.737 bits per heavy atom. The minimum absolute atomic E-state index is 0.589. The van der Waals surface area contributed by atoms with E-state index in [2.05, 4.69) is 215 Å². The molecule has 4 aliphatic rings. The summed E-state index contributed by atoms with van der Waals surface area (Å²) in [6.07, 6.45) is 4.90. The molecule has 4 saturated heterocycles. The second-order valence-corrected chi connectivity index (χ2v) is 16.1. The van der Waals surface area contributed by atoms with Crippen LogP contribution in [0.1, 0.15) is 25.7 Å². The van der Waals surface area contributed by atoms with Gasteiger partial charge in [0.05, 0.1) is 0 Å². The van der Waals surface area contributed by atoms with Crippen molar-refractivity contribution in [3.63, 3.8) is 0 Å². The Kier molecular flexibility index (Phi) is 8.39. The molecule has 4 heterocycles. The highest BCUT2D eigenvalue weighted by Gasteiger charge is 2.51. The van der Waals surface area contributed by atoms with Gasteiger partial charge >= 0.3 is 0 Å². The summed E-state index contributed by atoms with van der Waals surface area (Å²) in [5, 5.41) is 2.74. The fourth-order valence-corrected chi connectivity index (χ4v) is 10.4. The van der Waals surface area contributed by atoms with Crippen molar-refractivity contribution in [2.75, 3.05) is 14.7 Å². The number of hydrogen-bond acceptors (Lipinski definition) is 3. The van der Waals surface area contributed by atoms with Crippen LogP contribution in [0.4, 0.5) is 28.4 Å². The van der Waals surface area contributed by atoms with Crippen molar-refractivity contribution in [1.29, 1.82) is 0 Å². The summed E-state index contributed by atoms with van der Waals surface area (Å²) in [5.74, 6) is 0. The van der Waals surface area contributed by atoms with Gasteiger partial charge in [-0.05, 0) is 119 Å². The van der Waals surface area contributed by atoms with E-state index in [-0.39, 0.29) is 0 Å². The molecular weight excluding hydrogens is 691 g/mol. The normalized spacial score (nSPS) is 19.6. The molecule has 0 N–H and O–H groups in total. The summed E-state index contributed by atoms with van der Waals surface area (Å²) >= 11 is 0. The molecule has 3 nitrogen and oxygen atoms in total. The van der Waals surface area contributed by atoms with Gasteiger partial charge in [-0.2, -0.15) is 0 Å². The molecule has 12 rings (SSSR count). The van der Waals surface area contributed by atoms with Crippen molar-refractivity contribution in [2.24, 2.45) is 0 Å². The standard InChI is InChI=1S/C54H45N3/c1-3-11-38(12-4-1)40-21-27-45(28-22-40)55(46-29-23-41(24-30-46)39-13-5-2-6-14-39)47-31-25-42(26-32-47)44-17-9-18-48(33-44)56-49-34-51-36-50(56)37-52(35-49)57(51)54-20-10-16-43-15-7-8-19-53(43)54/h1-33,49-52H,34-37H2. The minimum atomic E-state index is 0.589. The average molecular weight is 736 g/mol. The summed E-state index contributed by atoms with van der Waals surface area (Å²) in [6, 6.07) is 75.8. The maximum absolute atomic E-state index is 2.81. The van der Waals surface area contributed by atoms with Crippen LogP contribution in [-0.4, -0.2) is 24.2 Å². The monoisotopic (exact) mass is 735 g/mol. The first-order chi connectivity index (χ1) is 28.2. The van der Waals surface area contributed by atoms with E-state index in [1.54, 1.807) is 0 Å². The predicted octanol–water partition coefficient (Wildman–Crippen LogP) is 13.7. The van der Waals surface area contributed by atoms with Crippen molar-refractivity contribution in [3.8, 4) is 33.4 Å². The van der Waals surface area contributed by atoms with Gasteiger partial charge in [0.2, 0.25) is 0 Å². The Morgan fingerprint density at radius 1 is 0.333 bits per heavy atom. The number of fused-ring (bicyclic) bond motifs is 1. The lowest BCUT2D eigenvalue weighted by Gasteiger charge is -2.62. The number of benzene rings is 8. The third kappa shape index (κ3) is 6.15. The largest absolute Gasteiger partial charge is 0.365 e. The van der Waals surface area contributed by atoms with Gasteiger partial charge < -0.3 is 14.7 Å². The molecule has 0 amide bonds. The molecule has 276 valence electrons. The van der Waals surface area contributed by atoms with E-state index < -0.39 is 0 Å². The van der Waals surface area contributed by atoms with Crippen LogP contribution in [0.5, 0.6) is 0 Å². The molecule has 0 aromatic heterocycles. The van der Waals surface area contributed by atoms with E-state index in [1.807, 2.05) is 0 Å². The molecule has 8 aromatic rings. The molecule has 0 atom stereocenters. The Balaban J connectivity index is 0.869. The molecule has 4 aliphatic heterocycles. The van der Waals surface area contributed by atoms with Gasteiger partial charge in [-0.15, -0.1) is 0 Å². The van der Waals surface area contributed by atoms with E-state index in [0.717, 1.165) is 17.1 Å². The van der Waals surface area contributed by atoms with E-state index in [4.69, 9.17) is 0 Å². The average Bonchev–Trinajstić information content (AvgIpc) is 3.28. The number of anilines is 5. The van der Waals surface area contributed by atoms with Crippen LogP contribution in [0.25, 0.3) is 44.2 Å². The van der Waals surface area contributed by atoms with Crippen LogP contribution in [-0.2, 0) is 0 Å². The SMILES string of the molecule is c1ccc(-c2ccc(N(c3ccc(-c4ccccc4)cc3)c3ccc(-c4cccc(N5C6CC7CC5CC(C6)N7c5cccc6ccccc56)c4)cc3)cc2)cc1. The Hall–Kier alpha value is -6.58. The van der Waals surface area contributed by atoms with Crippen molar-refractivity contribution in [2.45, 2.75) is 49.9 Å². The fourth-order valence-electron chi connectivity index (χ4n) is 10.4. The number of piperidine rings is 4. The summed E-state index contributed by atoms with van der Waals surface area (Å²) < 4.78 is 0. The first-order valence-corrected chi connectivity index (χ1v) is 20.6. The zero-order chi connectivity index (χ0) is 37.7. The first-order valence-electron chi connectivity index (χ1n) is 20.6. The number of rotatable bonds is 8. The Bertz CT molecular complexity index is 2530. The number of nitrogens with zero attached hydrogens (tertiary/aromatic N) is 3.